The van der Waals surface area contributed by atoms with E-state index >= 15 is 0 Å². The van der Waals surface area contributed by atoms with E-state index in [0.717, 1.165) is 5.39 Å². The molecule has 0 unspecified atom stereocenters. The van der Waals surface area contributed by atoms with Crippen molar-refractivity contribution < 1.29 is 4.39 Å². The van der Waals surface area contributed by atoms with Gasteiger partial charge in [0.2, 0.25) is 5.56 Å². The van der Waals surface area contributed by atoms with E-state index in [2.05, 4.69) is 19.9 Å². The van der Waals surface area contributed by atoms with Crippen molar-refractivity contribution in [2.45, 2.75) is 0 Å². The molecule has 0 atom stereocenters. The lowest BCUT2D eigenvalue weighted by atomic mass is 10.0. The van der Waals surface area contributed by atoms with Crippen LogP contribution in [0.1, 0.15) is 0 Å². The molecule has 0 aliphatic rings. The Kier molecular flexibility index (Phi) is 4.07. The largest absolute Gasteiger partial charge is 0.305 e. The number of halogens is 2. The maximum absolute atomic E-state index is 14.6. The average Bonchev–Trinajstić information content (AvgIpc) is 2.73. The molecule has 0 spiro atoms. The van der Waals surface area contributed by atoms with E-state index in [1.54, 1.807) is 36.5 Å². The molecule has 5 aromatic rings. The van der Waals surface area contributed by atoms with Crippen LogP contribution in [-0.2, 0) is 0 Å². The Morgan fingerprint density at radius 3 is 2.66 bits per heavy atom. The van der Waals surface area contributed by atoms with E-state index < -0.39 is 5.82 Å². The van der Waals surface area contributed by atoms with Gasteiger partial charge in [0, 0.05) is 28.8 Å². The van der Waals surface area contributed by atoms with Crippen LogP contribution in [0.25, 0.3) is 44.6 Å². The maximum atomic E-state index is 14.6. The fourth-order valence-electron chi connectivity index (χ4n) is 3.30. The van der Waals surface area contributed by atoms with E-state index in [1.807, 2.05) is 18.2 Å². The van der Waals surface area contributed by atoms with Crippen LogP contribution in [0, 0.1) is 5.82 Å². The van der Waals surface area contributed by atoms with Gasteiger partial charge in [-0.25, -0.2) is 14.4 Å². The zero-order chi connectivity index (χ0) is 20.0. The van der Waals surface area contributed by atoms with Gasteiger partial charge in [-0.3, -0.25) is 9.78 Å². The van der Waals surface area contributed by atoms with E-state index in [0.29, 0.717) is 33.0 Å². The summed E-state index contributed by atoms with van der Waals surface area (Å²) in [5.74, 6) is -0.436. The molecule has 0 saturated carbocycles. The predicted molar refractivity (Wildman–Crippen MR) is 111 cm³/mol. The van der Waals surface area contributed by atoms with Gasteiger partial charge in [0.15, 0.2) is 5.65 Å². The summed E-state index contributed by atoms with van der Waals surface area (Å²) < 4.78 is 14.6. The molecule has 29 heavy (non-hydrogen) atoms. The number of aromatic amines is 1. The first-order valence-corrected chi connectivity index (χ1v) is 9.18. The zero-order valence-corrected chi connectivity index (χ0v) is 15.6. The van der Waals surface area contributed by atoms with Crippen molar-refractivity contribution in [3.63, 3.8) is 0 Å². The first kappa shape index (κ1) is 17.5. The number of nitrogens with zero attached hydrogens (tertiary/aromatic N) is 3. The highest BCUT2D eigenvalue weighted by Gasteiger charge is 2.18. The predicted octanol–water partition coefficient (Wildman–Crippen LogP) is 4.99. The van der Waals surface area contributed by atoms with Gasteiger partial charge >= 0.3 is 0 Å². The van der Waals surface area contributed by atoms with Crippen LogP contribution in [0.5, 0.6) is 0 Å². The molecule has 0 aliphatic carbocycles. The van der Waals surface area contributed by atoms with E-state index in [1.165, 1.54) is 12.1 Å². The van der Waals surface area contributed by atoms with Crippen LogP contribution in [0.15, 0.2) is 71.7 Å². The number of H-pyrrole nitrogens is 1. The minimum Gasteiger partial charge on any atom is -0.305 e. The topological polar surface area (TPSA) is 71.5 Å². The Hall–Kier alpha value is -3.64. The second-order valence-electron chi connectivity index (χ2n) is 6.49. The van der Waals surface area contributed by atoms with Gasteiger partial charge in [0.1, 0.15) is 17.0 Å². The molecular formula is C22H12ClFN4O. The lowest BCUT2D eigenvalue weighted by Gasteiger charge is -2.12. The van der Waals surface area contributed by atoms with Gasteiger partial charge in [-0.2, -0.15) is 0 Å². The molecule has 3 aromatic heterocycles. The molecule has 5 rings (SSSR count). The molecule has 5 nitrogen and oxygen atoms in total. The normalized spacial score (nSPS) is 11.2. The second-order valence-corrected chi connectivity index (χ2v) is 6.90. The van der Waals surface area contributed by atoms with Gasteiger partial charge in [0.25, 0.3) is 0 Å². The monoisotopic (exact) mass is 402 g/mol. The van der Waals surface area contributed by atoms with Crippen molar-refractivity contribution in [1.82, 2.24) is 19.9 Å². The first-order valence-electron chi connectivity index (χ1n) is 8.81. The number of rotatable bonds is 2. The van der Waals surface area contributed by atoms with Gasteiger partial charge < -0.3 is 4.98 Å². The SMILES string of the molecule is O=c1ccc2nc(-c3cc(Cl)c4ncccc4c3)c(-c3ccccc3F)nc2[nH]1. The highest BCUT2D eigenvalue weighted by molar-refractivity contribution is 6.35. The van der Waals surface area contributed by atoms with Gasteiger partial charge in [-0.05, 0) is 36.4 Å². The van der Waals surface area contributed by atoms with Crippen molar-refractivity contribution in [2.24, 2.45) is 0 Å². The molecule has 0 bridgehead atoms. The summed E-state index contributed by atoms with van der Waals surface area (Å²) in [5, 5.41) is 1.29. The summed E-state index contributed by atoms with van der Waals surface area (Å²) in [5.41, 5.74) is 2.87. The summed E-state index contributed by atoms with van der Waals surface area (Å²) in [6.07, 6.45) is 1.67. The second kappa shape index (κ2) is 6.76. The molecule has 0 aliphatic heterocycles. The standard InChI is InChI=1S/C22H12ClFN4O/c23-15-11-13(10-12-4-3-9-25-19(12)15)20-21(14-5-1-2-6-16(14)24)28-22-17(26-20)7-8-18(29)27-22/h1-11H,(H,27,28,29). The molecule has 140 valence electrons. The molecule has 2 aromatic carbocycles. The number of hydrogen-bond acceptors (Lipinski definition) is 4. The number of benzene rings is 2. The van der Waals surface area contributed by atoms with Crippen LogP contribution < -0.4 is 5.56 Å². The van der Waals surface area contributed by atoms with Crippen LogP contribution >= 0.6 is 11.6 Å². The zero-order valence-electron chi connectivity index (χ0n) is 14.9. The Labute approximate surface area is 168 Å². The van der Waals surface area contributed by atoms with Crippen molar-refractivity contribution in [2.75, 3.05) is 0 Å². The Balaban J connectivity index is 1.87. The van der Waals surface area contributed by atoms with E-state index in [-0.39, 0.29) is 16.8 Å². The van der Waals surface area contributed by atoms with Crippen molar-refractivity contribution >= 4 is 33.7 Å². The number of hydrogen-bond donors (Lipinski definition) is 1. The summed E-state index contributed by atoms with van der Waals surface area (Å²) in [6, 6.07) is 16.6. The Morgan fingerprint density at radius 1 is 0.931 bits per heavy atom. The van der Waals surface area contributed by atoms with Crippen LogP contribution in [0.3, 0.4) is 0 Å². The third-order valence-electron chi connectivity index (χ3n) is 4.62. The third-order valence-corrected chi connectivity index (χ3v) is 4.91. The van der Waals surface area contributed by atoms with Crippen LogP contribution in [0.2, 0.25) is 5.02 Å². The number of nitrogens with one attached hydrogen (secondary N) is 1. The smallest absolute Gasteiger partial charge is 0.249 e. The third kappa shape index (κ3) is 3.03. The van der Waals surface area contributed by atoms with Crippen molar-refractivity contribution in [1.29, 1.82) is 0 Å². The molecule has 3 heterocycles. The van der Waals surface area contributed by atoms with E-state index in [4.69, 9.17) is 11.6 Å². The van der Waals surface area contributed by atoms with Gasteiger partial charge in [-0.15, -0.1) is 0 Å². The quantitative estimate of drug-likeness (QED) is 0.451. The highest BCUT2D eigenvalue weighted by atomic mass is 35.5. The molecule has 1 N–H and O–H groups in total. The summed E-state index contributed by atoms with van der Waals surface area (Å²) in [6.45, 7) is 0. The highest BCUT2D eigenvalue weighted by Crippen LogP contribution is 2.35. The lowest BCUT2D eigenvalue weighted by Crippen LogP contribution is -2.06. The fraction of sp³-hybridized carbons (Fsp3) is 0. The number of aromatic nitrogens is 4. The van der Waals surface area contributed by atoms with Crippen LogP contribution in [-0.4, -0.2) is 19.9 Å². The maximum Gasteiger partial charge on any atom is 0.249 e. The molecule has 0 amide bonds. The minimum atomic E-state index is -0.436. The minimum absolute atomic E-state index is 0.281. The Morgan fingerprint density at radius 2 is 1.79 bits per heavy atom. The molecule has 7 heteroatoms. The van der Waals surface area contributed by atoms with Gasteiger partial charge in [-0.1, -0.05) is 29.8 Å². The number of fused-ring (bicyclic) bond motifs is 2. The van der Waals surface area contributed by atoms with E-state index in [9.17, 15) is 9.18 Å². The van der Waals surface area contributed by atoms with Crippen LogP contribution in [0.4, 0.5) is 4.39 Å². The fourth-order valence-corrected chi connectivity index (χ4v) is 3.57. The average molecular weight is 403 g/mol. The summed E-state index contributed by atoms with van der Waals surface area (Å²) >= 11 is 6.45. The Bertz CT molecular complexity index is 1460. The lowest BCUT2D eigenvalue weighted by molar-refractivity contribution is 0.631. The molecule has 0 radical (unpaired) electrons. The first-order chi connectivity index (χ1) is 14.1. The molecule has 0 fully saturated rings. The van der Waals surface area contributed by atoms with Crippen molar-refractivity contribution in [3.05, 3.63) is 88.1 Å². The van der Waals surface area contributed by atoms with Crippen molar-refractivity contribution in [3.8, 4) is 22.5 Å². The number of pyridine rings is 2. The molecular weight excluding hydrogens is 391 g/mol. The molecule has 0 saturated heterocycles. The summed E-state index contributed by atoms with van der Waals surface area (Å²) in [7, 11) is 0. The van der Waals surface area contributed by atoms with Gasteiger partial charge in [0.05, 0.1) is 16.2 Å². The summed E-state index contributed by atoms with van der Waals surface area (Å²) in [4.78, 5) is 27.9.